The van der Waals surface area contributed by atoms with E-state index < -0.39 is 9.84 Å². The maximum Gasteiger partial charge on any atom is 0.411 e. The molecule has 2 saturated carbocycles. The number of hydrogen-bond acceptors (Lipinski definition) is 10. The smallest absolute Gasteiger partial charge is 0.411 e. The number of likely N-dealkylation sites (tertiary alicyclic amines) is 1. The molecule has 56 heavy (non-hydrogen) atoms. The van der Waals surface area contributed by atoms with Gasteiger partial charge in [0.05, 0.1) is 29.3 Å². The Labute approximate surface area is 331 Å². The number of carbonyl (C=O) groups excluding carboxylic acids is 2. The summed E-state index contributed by atoms with van der Waals surface area (Å²) in [6.45, 7) is 8.50. The number of anilines is 1. The highest BCUT2D eigenvalue weighted by Gasteiger charge is 2.38. The number of ether oxygens (including phenoxy) is 2. The van der Waals surface area contributed by atoms with E-state index in [2.05, 4.69) is 16.3 Å². The van der Waals surface area contributed by atoms with Crippen LogP contribution in [-0.2, 0) is 25.8 Å². The normalized spacial score (nSPS) is 24.1. The Kier molecular flexibility index (Phi) is 11.2. The van der Waals surface area contributed by atoms with Gasteiger partial charge in [-0.1, -0.05) is 31.4 Å². The largest absolute Gasteiger partial charge is 0.496 e. The first-order valence-electron chi connectivity index (χ1n) is 20.9. The predicted octanol–water partition coefficient (Wildman–Crippen LogP) is 7.01. The molecule has 0 radical (unpaired) electrons. The zero-order chi connectivity index (χ0) is 39.0. The SMILES string of the molecule is COc1cc2nc(C)nc(N[C@H](C)c3cccc4c3CCS4(=O)=O)c2cc1C1CCC(C(=O)N2CCN(COC(=O)N3CCC4(CCCCC4)CC3)CC2)CC1. The van der Waals surface area contributed by atoms with E-state index in [1.54, 1.807) is 13.2 Å². The summed E-state index contributed by atoms with van der Waals surface area (Å²) in [7, 11) is -1.55. The van der Waals surface area contributed by atoms with Crippen LogP contribution in [0.4, 0.5) is 10.6 Å². The average Bonchev–Trinajstić information content (AvgIpc) is 3.53. The zero-order valence-electron chi connectivity index (χ0n) is 33.4. The van der Waals surface area contributed by atoms with E-state index in [-0.39, 0.29) is 42.4 Å². The molecule has 0 unspecified atom stereocenters. The Morgan fingerprint density at radius 3 is 2.38 bits per heavy atom. The molecular weight excluding hydrogens is 729 g/mol. The van der Waals surface area contributed by atoms with Gasteiger partial charge >= 0.3 is 6.09 Å². The molecule has 4 heterocycles. The monoisotopic (exact) mass is 786 g/mol. The van der Waals surface area contributed by atoms with E-state index in [4.69, 9.17) is 19.4 Å². The number of amides is 2. The quantitative estimate of drug-likeness (QED) is 0.254. The number of aryl methyl sites for hydroxylation is 1. The van der Waals surface area contributed by atoms with Gasteiger partial charge in [0.1, 0.15) is 24.1 Å². The molecular formula is C43H58N6O6S. The minimum Gasteiger partial charge on any atom is -0.496 e. The van der Waals surface area contributed by atoms with Gasteiger partial charge in [0.25, 0.3) is 0 Å². The third-order valence-corrected chi connectivity index (χ3v) is 15.5. The summed E-state index contributed by atoms with van der Waals surface area (Å²) < 4.78 is 36.9. The number of sulfone groups is 1. The summed E-state index contributed by atoms with van der Waals surface area (Å²) in [6, 6.07) is 9.51. The van der Waals surface area contributed by atoms with Crippen LogP contribution in [0.15, 0.2) is 35.2 Å². The van der Waals surface area contributed by atoms with Gasteiger partial charge in [-0.2, -0.15) is 0 Å². The summed E-state index contributed by atoms with van der Waals surface area (Å²) in [5, 5.41) is 4.49. The van der Waals surface area contributed by atoms with Gasteiger partial charge in [-0.3, -0.25) is 9.69 Å². The van der Waals surface area contributed by atoms with Crippen molar-refractivity contribution >= 4 is 38.6 Å². The number of fused-ring (bicyclic) bond motifs is 2. The van der Waals surface area contributed by atoms with Gasteiger partial charge in [-0.15, -0.1) is 0 Å². The number of piperazine rings is 1. The van der Waals surface area contributed by atoms with Gasteiger partial charge in [0.15, 0.2) is 9.84 Å². The highest BCUT2D eigenvalue weighted by molar-refractivity contribution is 7.91. The van der Waals surface area contributed by atoms with Crippen molar-refractivity contribution in [2.24, 2.45) is 11.3 Å². The lowest BCUT2D eigenvalue weighted by Crippen LogP contribution is -2.51. The number of hydrogen-bond donors (Lipinski definition) is 1. The predicted molar refractivity (Wildman–Crippen MR) is 216 cm³/mol. The standard InChI is InChI=1S/C43H58N6O6S/c1-29(33-8-7-9-39-34(33)14-25-56(39,52)53)44-40-36-26-35(38(54-3)27-37(36)45-30(2)46-40)31-10-12-32(13-11-31)41(50)48-23-21-47(22-24-48)28-55-42(51)49-19-17-43(18-20-49)15-5-4-6-16-43/h7-9,26-27,29,31-32H,4-6,10-25,28H2,1-3H3,(H,44,45,46)/t29-,31?,32?/m1/s1. The van der Waals surface area contributed by atoms with E-state index >= 15 is 0 Å². The maximum absolute atomic E-state index is 13.7. The van der Waals surface area contributed by atoms with Crippen molar-refractivity contribution in [3.63, 3.8) is 0 Å². The van der Waals surface area contributed by atoms with Crippen LogP contribution in [0.5, 0.6) is 5.75 Å². The molecule has 4 fully saturated rings. The molecule has 2 saturated heterocycles. The third-order valence-electron chi connectivity index (χ3n) is 13.7. The van der Waals surface area contributed by atoms with Crippen LogP contribution in [-0.4, -0.2) is 104 Å². The summed E-state index contributed by atoms with van der Waals surface area (Å²) >= 11 is 0. The second-order valence-electron chi connectivity index (χ2n) is 17.1. The van der Waals surface area contributed by atoms with Gasteiger partial charge in [0, 0.05) is 56.6 Å². The van der Waals surface area contributed by atoms with Gasteiger partial charge in [-0.25, -0.2) is 23.2 Å². The molecule has 3 aromatic rings. The fraction of sp³-hybridized carbons (Fsp3) is 0.628. The second-order valence-corrected chi connectivity index (χ2v) is 19.1. The number of rotatable bonds is 8. The number of nitrogens with one attached hydrogen (secondary N) is 1. The number of aromatic nitrogens is 2. The molecule has 2 amide bonds. The molecule has 1 N–H and O–H groups in total. The first-order chi connectivity index (χ1) is 27.0. The van der Waals surface area contributed by atoms with Crippen LogP contribution in [0.25, 0.3) is 10.9 Å². The maximum atomic E-state index is 13.7. The molecule has 1 spiro atoms. The van der Waals surface area contributed by atoms with Crippen molar-refractivity contribution in [3.05, 3.63) is 52.8 Å². The lowest BCUT2D eigenvalue weighted by Gasteiger charge is -2.44. The van der Waals surface area contributed by atoms with E-state index in [9.17, 15) is 18.0 Å². The molecule has 302 valence electrons. The van der Waals surface area contributed by atoms with E-state index in [0.29, 0.717) is 54.6 Å². The van der Waals surface area contributed by atoms with Crippen LogP contribution in [0.2, 0.25) is 0 Å². The van der Waals surface area contributed by atoms with Crippen LogP contribution < -0.4 is 10.1 Å². The van der Waals surface area contributed by atoms with E-state index in [1.807, 2.05) is 41.8 Å². The first kappa shape index (κ1) is 38.9. The Morgan fingerprint density at radius 1 is 0.929 bits per heavy atom. The van der Waals surface area contributed by atoms with Crippen LogP contribution >= 0.6 is 0 Å². The molecule has 3 aliphatic heterocycles. The molecule has 8 rings (SSSR count). The van der Waals surface area contributed by atoms with E-state index in [0.717, 1.165) is 85.0 Å². The van der Waals surface area contributed by atoms with Crippen molar-refractivity contribution in [2.45, 2.75) is 108 Å². The van der Waals surface area contributed by atoms with E-state index in [1.165, 1.54) is 32.1 Å². The summed E-state index contributed by atoms with van der Waals surface area (Å²) in [5.74, 6) is 2.74. The van der Waals surface area contributed by atoms with Crippen molar-refractivity contribution in [1.82, 2.24) is 24.7 Å². The molecule has 12 nitrogen and oxygen atoms in total. The Balaban J connectivity index is 0.855. The zero-order valence-corrected chi connectivity index (χ0v) is 34.2. The minimum absolute atomic E-state index is 0.00545. The van der Waals surface area contributed by atoms with Crippen molar-refractivity contribution in [1.29, 1.82) is 0 Å². The molecule has 1 aromatic heterocycles. The molecule has 13 heteroatoms. The second kappa shape index (κ2) is 16.1. The summed E-state index contributed by atoms with van der Waals surface area (Å²) in [4.78, 5) is 42.7. The lowest BCUT2D eigenvalue weighted by atomic mass is 9.68. The Hall–Kier alpha value is -3.97. The molecule has 2 aromatic carbocycles. The number of benzene rings is 2. The van der Waals surface area contributed by atoms with Crippen molar-refractivity contribution < 1.29 is 27.5 Å². The number of nitrogens with zero attached hydrogens (tertiary/aromatic N) is 5. The fourth-order valence-corrected chi connectivity index (χ4v) is 11.9. The summed E-state index contributed by atoms with van der Waals surface area (Å²) in [6.07, 6.45) is 12.5. The van der Waals surface area contributed by atoms with Crippen molar-refractivity contribution in [2.75, 3.05) is 64.2 Å². The van der Waals surface area contributed by atoms with Crippen LogP contribution in [0.3, 0.4) is 0 Å². The van der Waals surface area contributed by atoms with Gasteiger partial charge < -0.3 is 24.6 Å². The number of methoxy groups -OCH3 is 1. The molecule has 2 aliphatic carbocycles. The number of piperidine rings is 1. The average molecular weight is 787 g/mol. The molecule has 1 atom stereocenters. The lowest BCUT2D eigenvalue weighted by molar-refractivity contribution is -0.139. The van der Waals surface area contributed by atoms with Crippen LogP contribution in [0.1, 0.15) is 112 Å². The van der Waals surface area contributed by atoms with Crippen LogP contribution in [0, 0.1) is 18.3 Å². The summed E-state index contributed by atoms with van der Waals surface area (Å²) in [5.41, 5.74) is 4.19. The highest BCUT2D eigenvalue weighted by atomic mass is 32.2. The molecule has 5 aliphatic rings. The van der Waals surface area contributed by atoms with Crippen molar-refractivity contribution in [3.8, 4) is 5.75 Å². The first-order valence-corrected chi connectivity index (χ1v) is 22.6. The number of carbonyl (C=O) groups is 2. The highest BCUT2D eigenvalue weighted by Crippen LogP contribution is 2.45. The Morgan fingerprint density at radius 2 is 1.66 bits per heavy atom. The molecule has 0 bridgehead atoms. The Bertz CT molecular complexity index is 2040. The van der Waals surface area contributed by atoms with Gasteiger partial charge in [-0.05, 0) is 112 Å². The third kappa shape index (κ3) is 7.95. The minimum atomic E-state index is -3.24. The topological polar surface area (TPSA) is 134 Å². The fourth-order valence-electron chi connectivity index (χ4n) is 10.3. The van der Waals surface area contributed by atoms with Gasteiger partial charge in [0.2, 0.25) is 5.91 Å².